The smallest absolute Gasteiger partial charge is 0.205 e. The molecule has 2 aliphatic rings. The van der Waals surface area contributed by atoms with E-state index in [1.54, 1.807) is 11.5 Å². The molecule has 1 aromatic heterocycles. The van der Waals surface area contributed by atoms with Gasteiger partial charge < -0.3 is 4.90 Å². The van der Waals surface area contributed by atoms with Crippen molar-refractivity contribution in [1.82, 2.24) is 9.36 Å². The second kappa shape index (κ2) is 4.84. The fourth-order valence-electron chi connectivity index (χ4n) is 2.52. The molecule has 94 valence electrons. The zero-order valence-corrected chi connectivity index (χ0v) is 12.5. The standard InChI is InChI=1S/C12H18BrN3S/c1-16(10-5-3-2-4-9(10)13)12-14-11(15-17-12)8-6-7-8/h8-10H,2-7H2,1H3. The molecule has 3 nitrogen and oxygen atoms in total. The van der Waals surface area contributed by atoms with E-state index >= 15 is 0 Å². The maximum Gasteiger partial charge on any atom is 0.205 e. The molecular formula is C12H18BrN3S. The minimum absolute atomic E-state index is 0.587. The van der Waals surface area contributed by atoms with Crippen molar-refractivity contribution in [3.05, 3.63) is 5.82 Å². The normalized spacial score (nSPS) is 29.3. The van der Waals surface area contributed by atoms with Crippen LogP contribution in [0.2, 0.25) is 0 Å². The van der Waals surface area contributed by atoms with Crippen molar-refractivity contribution in [1.29, 1.82) is 0 Å². The lowest BCUT2D eigenvalue weighted by Gasteiger charge is -2.34. The van der Waals surface area contributed by atoms with E-state index in [0.717, 1.165) is 11.0 Å². The van der Waals surface area contributed by atoms with E-state index in [9.17, 15) is 0 Å². The van der Waals surface area contributed by atoms with Crippen LogP contribution in [0.4, 0.5) is 5.13 Å². The van der Waals surface area contributed by atoms with Gasteiger partial charge in [0.1, 0.15) is 5.82 Å². The lowest BCUT2D eigenvalue weighted by molar-refractivity contribution is 0.443. The van der Waals surface area contributed by atoms with Gasteiger partial charge in [0.25, 0.3) is 0 Å². The van der Waals surface area contributed by atoms with Crippen LogP contribution in [0, 0.1) is 0 Å². The first-order valence-corrected chi connectivity index (χ1v) is 8.15. The molecule has 0 radical (unpaired) electrons. The summed E-state index contributed by atoms with van der Waals surface area (Å²) in [5.41, 5.74) is 0. The van der Waals surface area contributed by atoms with Crippen LogP contribution >= 0.6 is 27.5 Å². The quantitative estimate of drug-likeness (QED) is 0.799. The molecule has 0 bridgehead atoms. The van der Waals surface area contributed by atoms with E-state index < -0.39 is 0 Å². The Morgan fingerprint density at radius 3 is 2.71 bits per heavy atom. The summed E-state index contributed by atoms with van der Waals surface area (Å²) in [6, 6.07) is 0.587. The molecular weight excluding hydrogens is 298 g/mol. The Morgan fingerprint density at radius 2 is 2.00 bits per heavy atom. The largest absolute Gasteiger partial charge is 0.346 e. The number of nitrogens with zero attached hydrogens (tertiary/aromatic N) is 3. The van der Waals surface area contributed by atoms with Gasteiger partial charge >= 0.3 is 0 Å². The van der Waals surface area contributed by atoms with Crippen molar-refractivity contribution in [3.8, 4) is 0 Å². The van der Waals surface area contributed by atoms with Crippen molar-refractivity contribution in [2.75, 3.05) is 11.9 Å². The summed E-state index contributed by atoms with van der Waals surface area (Å²) in [6.45, 7) is 0. The minimum Gasteiger partial charge on any atom is -0.346 e. The van der Waals surface area contributed by atoms with Crippen molar-refractivity contribution in [3.63, 3.8) is 0 Å². The predicted octanol–water partition coefficient (Wildman–Crippen LogP) is 3.56. The average Bonchev–Trinajstić information content (AvgIpc) is 3.07. The zero-order chi connectivity index (χ0) is 11.8. The molecule has 2 atom stereocenters. The molecule has 2 unspecified atom stereocenters. The number of anilines is 1. The molecule has 0 amide bonds. The third-order valence-electron chi connectivity index (χ3n) is 3.82. The Kier molecular flexibility index (Phi) is 3.39. The van der Waals surface area contributed by atoms with Crippen LogP contribution in [-0.2, 0) is 0 Å². The summed E-state index contributed by atoms with van der Waals surface area (Å²) in [5, 5.41) is 1.10. The SMILES string of the molecule is CN(c1nc(C2CC2)ns1)C1CCCCC1Br. The van der Waals surface area contributed by atoms with Gasteiger partial charge in [-0.2, -0.15) is 4.37 Å². The van der Waals surface area contributed by atoms with Crippen LogP contribution in [0.15, 0.2) is 0 Å². The molecule has 0 aliphatic heterocycles. The van der Waals surface area contributed by atoms with Gasteiger partial charge in [-0.1, -0.05) is 28.8 Å². The van der Waals surface area contributed by atoms with Crippen LogP contribution in [0.1, 0.15) is 50.3 Å². The Labute approximate surface area is 115 Å². The summed E-state index contributed by atoms with van der Waals surface area (Å²) in [4.78, 5) is 7.64. The number of hydrogen-bond donors (Lipinski definition) is 0. The second-order valence-corrected chi connectivity index (χ2v) is 7.09. The highest BCUT2D eigenvalue weighted by Crippen LogP contribution is 2.40. The van der Waals surface area contributed by atoms with E-state index in [1.165, 1.54) is 38.5 Å². The topological polar surface area (TPSA) is 29.0 Å². The summed E-state index contributed by atoms with van der Waals surface area (Å²) in [5.74, 6) is 1.75. The van der Waals surface area contributed by atoms with E-state index in [-0.39, 0.29) is 0 Å². The zero-order valence-electron chi connectivity index (χ0n) is 10.1. The first kappa shape index (κ1) is 11.9. The third kappa shape index (κ3) is 2.50. The van der Waals surface area contributed by atoms with E-state index in [4.69, 9.17) is 4.98 Å². The molecule has 0 aromatic carbocycles. The fraction of sp³-hybridized carbons (Fsp3) is 0.833. The molecule has 3 rings (SSSR count). The van der Waals surface area contributed by atoms with Gasteiger partial charge in [-0.05, 0) is 25.7 Å². The van der Waals surface area contributed by atoms with E-state index in [2.05, 4.69) is 32.3 Å². The Balaban J connectivity index is 1.72. The first-order valence-electron chi connectivity index (χ1n) is 6.46. The van der Waals surface area contributed by atoms with Crippen LogP contribution < -0.4 is 4.90 Å². The van der Waals surface area contributed by atoms with Crippen LogP contribution in [0.3, 0.4) is 0 Å². The highest BCUT2D eigenvalue weighted by molar-refractivity contribution is 9.09. The average molecular weight is 316 g/mol. The molecule has 0 saturated heterocycles. The van der Waals surface area contributed by atoms with Crippen molar-refractivity contribution < 1.29 is 0 Å². The Morgan fingerprint density at radius 1 is 1.24 bits per heavy atom. The fourth-order valence-corrected chi connectivity index (χ4v) is 4.23. The predicted molar refractivity (Wildman–Crippen MR) is 75.3 cm³/mol. The monoisotopic (exact) mass is 315 g/mol. The van der Waals surface area contributed by atoms with Crippen LogP contribution in [0.5, 0.6) is 0 Å². The number of alkyl halides is 1. The number of halogens is 1. The van der Waals surface area contributed by atoms with Gasteiger partial charge in [-0.25, -0.2) is 4.98 Å². The highest BCUT2D eigenvalue weighted by atomic mass is 79.9. The lowest BCUT2D eigenvalue weighted by atomic mass is 9.94. The Hall–Kier alpha value is -0.160. The van der Waals surface area contributed by atoms with Gasteiger partial charge in [0.05, 0.1) is 0 Å². The molecule has 0 N–H and O–H groups in total. The maximum absolute atomic E-state index is 4.69. The maximum atomic E-state index is 4.69. The Bertz CT molecular complexity index is 391. The first-order chi connectivity index (χ1) is 8.25. The molecule has 2 aliphatic carbocycles. The molecule has 0 spiro atoms. The summed E-state index contributed by atoms with van der Waals surface area (Å²) < 4.78 is 4.49. The third-order valence-corrected chi connectivity index (χ3v) is 5.71. The van der Waals surface area contributed by atoms with Gasteiger partial charge in [0.15, 0.2) is 0 Å². The molecule has 1 aromatic rings. The summed E-state index contributed by atoms with van der Waals surface area (Å²) in [7, 11) is 2.17. The lowest BCUT2D eigenvalue weighted by Crippen LogP contribution is -2.40. The van der Waals surface area contributed by atoms with Gasteiger partial charge in [-0.15, -0.1) is 0 Å². The van der Waals surface area contributed by atoms with Crippen molar-refractivity contribution in [2.24, 2.45) is 0 Å². The number of rotatable bonds is 3. The van der Waals surface area contributed by atoms with Crippen LogP contribution in [0.25, 0.3) is 0 Å². The van der Waals surface area contributed by atoms with Crippen molar-refractivity contribution >= 4 is 32.6 Å². The summed E-state index contributed by atoms with van der Waals surface area (Å²) in [6.07, 6.45) is 7.80. The van der Waals surface area contributed by atoms with Gasteiger partial charge in [0.2, 0.25) is 5.13 Å². The van der Waals surface area contributed by atoms with E-state index in [0.29, 0.717) is 16.8 Å². The molecule has 2 fully saturated rings. The number of hydrogen-bond acceptors (Lipinski definition) is 4. The molecule has 1 heterocycles. The van der Waals surface area contributed by atoms with E-state index in [1.807, 2.05) is 0 Å². The minimum atomic E-state index is 0.587. The summed E-state index contributed by atoms with van der Waals surface area (Å²) >= 11 is 5.38. The van der Waals surface area contributed by atoms with Crippen LogP contribution in [-0.4, -0.2) is 27.3 Å². The van der Waals surface area contributed by atoms with Gasteiger partial charge in [0, 0.05) is 35.4 Å². The number of aromatic nitrogens is 2. The molecule has 5 heteroatoms. The van der Waals surface area contributed by atoms with Crippen molar-refractivity contribution in [2.45, 2.75) is 55.3 Å². The molecule has 17 heavy (non-hydrogen) atoms. The highest BCUT2D eigenvalue weighted by Gasteiger charge is 2.31. The second-order valence-electron chi connectivity index (χ2n) is 5.19. The van der Waals surface area contributed by atoms with Gasteiger partial charge in [-0.3, -0.25) is 0 Å². The molecule has 2 saturated carbocycles.